The van der Waals surface area contributed by atoms with Crippen LogP contribution < -0.4 is 0 Å². The maximum Gasteiger partial charge on any atom is 0.472 e. The van der Waals surface area contributed by atoms with Crippen molar-refractivity contribution in [3.63, 3.8) is 0 Å². The summed E-state index contributed by atoms with van der Waals surface area (Å²) in [6, 6.07) is 0. The van der Waals surface area contributed by atoms with Crippen molar-refractivity contribution in [2.75, 3.05) is 26.4 Å². The average molecular weight is 1160 g/mol. The number of phosphoric acid groups is 1. The first-order chi connectivity index (χ1) is 37.9. The molecule has 16 atom stereocenters. The Morgan fingerprint density at radius 3 is 1.25 bits per heavy atom. The van der Waals surface area contributed by atoms with Crippen LogP contribution in [0.3, 0.4) is 0 Å². The van der Waals surface area contributed by atoms with Gasteiger partial charge >= 0.3 is 19.8 Å². The molecule has 2 heterocycles. The van der Waals surface area contributed by atoms with Gasteiger partial charge in [-0.05, 0) is 38.5 Å². The first kappa shape index (κ1) is 71.5. The molecule has 464 valence electrons. The fraction of sp³-hybridized carbons (Fsp3) is 0.927. The van der Waals surface area contributed by atoms with E-state index in [1.54, 1.807) is 0 Å². The third-order valence-corrected chi connectivity index (χ3v) is 15.8. The van der Waals surface area contributed by atoms with E-state index in [1.165, 1.54) is 70.6 Å². The molecule has 2 saturated heterocycles. The van der Waals surface area contributed by atoms with Crippen LogP contribution >= 0.6 is 7.82 Å². The largest absolute Gasteiger partial charge is 0.472 e. The maximum atomic E-state index is 14.0. The molecule has 0 aromatic heterocycles. The molecule has 0 aromatic rings. The van der Waals surface area contributed by atoms with Crippen molar-refractivity contribution in [1.29, 1.82) is 0 Å². The third-order valence-electron chi connectivity index (χ3n) is 14.8. The minimum atomic E-state index is -5.63. The number of unbranched alkanes of at least 4 members (excludes halogenated alkanes) is 23. The second-order valence-corrected chi connectivity index (χ2v) is 22.9. The number of aliphatic hydroxyl groups excluding tert-OH is 11. The van der Waals surface area contributed by atoms with E-state index in [2.05, 4.69) is 26.0 Å². The zero-order valence-electron chi connectivity index (χ0n) is 46.9. The first-order valence-corrected chi connectivity index (χ1v) is 31.0. The van der Waals surface area contributed by atoms with Crippen molar-refractivity contribution < 1.29 is 113 Å². The van der Waals surface area contributed by atoms with E-state index in [4.69, 9.17) is 37.5 Å². The number of hydrogen-bond acceptors (Lipinski definition) is 22. The number of carbonyl (C=O) groups is 2. The summed E-state index contributed by atoms with van der Waals surface area (Å²) in [5.74, 6) is -1.33. The highest BCUT2D eigenvalue weighted by molar-refractivity contribution is 7.47. The summed E-state index contributed by atoms with van der Waals surface area (Å²) < 4.78 is 58.1. The van der Waals surface area contributed by atoms with Gasteiger partial charge in [-0.25, -0.2) is 4.57 Å². The number of esters is 2. The first-order valence-electron chi connectivity index (χ1n) is 29.5. The molecule has 3 rings (SSSR count). The standard InChI is InChI=1S/C55H101O23P/c1-3-5-7-9-11-13-15-17-18-20-21-23-25-27-29-31-40(58)71-35-37(73-41(59)32-30-28-26-24-22-19-16-14-12-10-8-6-4-2)36-72-79(69,70)78-53-51(76-54-49(67)44(62)42(60)38(33-56)74-54)47(65)46(64)48(66)52(53)77-55-50(68)45(63)43(61)39(34-57)75-55/h13,15,37-39,42-57,60-68H,3-12,14,16-36H2,1-2H3,(H,69,70)/b15-13-. The molecule has 1 saturated carbocycles. The van der Waals surface area contributed by atoms with Gasteiger partial charge in [0, 0.05) is 12.8 Å². The molecular formula is C55H101O23P. The molecule has 3 aliphatic rings. The topological polar surface area (TPSA) is 368 Å². The average Bonchev–Trinajstić information content (AvgIpc) is 3.57. The van der Waals surface area contributed by atoms with Gasteiger partial charge in [0.15, 0.2) is 18.7 Å². The van der Waals surface area contributed by atoms with Gasteiger partial charge < -0.3 is 89.5 Å². The Bertz CT molecular complexity index is 1630. The van der Waals surface area contributed by atoms with Gasteiger partial charge in [0.2, 0.25) is 0 Å². The normalized spacial score (nSPS) is 31.5. The predicted octanol–water partition coefficient (Wildman–Crippen LogP) is 3.93. The molecule has 24 heteroatoms. The Labute approximate surface area is 467 Å². The Morgan fingerprint density at radius 2 is 0.835 bits per heavy atom. The summed E-state index contributed by atoms with van der Waals surface area (Å²) in [6.07, 6.45) is -2.34. The number of carbonyl (C=O) groups excluding carboxylic acids is 2. The van der Waals surface area contributed by atoms with Crippen LogP contribution in [0.5, 0.6) is 0 Å². The lowest BCUT2D eigenvalue weighted by Crippen LogP contribution is -2.69. The van der Waals surface area contributed by atoms with Crippen molar-refractivity contribution >= 4 is 19.8 Å². The SMILES string of the molecule is CCCCCC/C=C\CCCCCCCCCC(=O)OCC(COP(=O)(O)OC1C(OC2OC(CO)C(O)C(O)C2O)C(O)C(O)C(O)C1OC1OC(CO)C(O)C(O)C1O)OC(=O)CCCCCCCCCCCCCCC. The molecule has 2 aliphatic heterocycles. The molecule has 16 unspecified atom stereocenters. The number of ether oxygens (including phenoxy) is 6. The predicted molar refractivity (Wildman–Crippen MR) is 287 cm³/mol. The van der Waals surface area contributed by atoms with Gasteiger partial charge in [-0.3, -0.25) is 18.6 Å². The van der Waals surface area contributed by atoms with E-state index in [0.717, 1.165) is 83.5 Å². The minimum Gasteiger partial charge on any atom is -0.462 e. The van der Waals surface area contributed by atoms with Crippen molar-refractivity contribution in [1.82, 2.24) is 0 Å². The van der Waals surface area contributed by atoms with Crippen molar-refractivity contribution in [3.05, 3.63) is 12.2 Å². The molecule has 1 aliphatic carbocycles. The molecule has 23 nitrogen and oxygen atoms in total. The second kappa shape index (κ2) is 40.5. The smallest absolute Gasteiger partial charge is 0.462 e. The van der Waals surface area contributed by atoms with E-state index in [-0.39, 0.29) is 12.8 Å². The van der Waals surface area contributed by atoms with Crippen molar-refractivity contribution in [3.8, 4) is 0 Å². The van der Waals surface area contributed by atoms with Crippen LogP contribution in [0.2, 0.25) is 0 Å². The van der Waals surface area contributed by atoms with Crippen LogP contribution in [-0.4, -0.2) is 204 Å². The monoisotopic (exact) mass is 1160 g/mol. The van der Waals surface area contributed by atoms with Crippen LogP contribution in [0.4, 0.5) is 0 Å². The Morgan fingerprint density at radius 1 is 0.468 bits per heavy atom. The fourth-order valence-corrected chi connectivity index (χ4v) is 10.8. The molecule has 3 fully saturated rings. The summed E-state index contributed by atoms with van der Waals surface area (Å²) in [5.41, 5.74) is 0. The lowest BCUT2D eigenvalue weighted by Gasteiger charge is -2.49. The summed E-state index contributed by atoms with van der Waals surface area (Å²) in [5, 5.41) is 117. The number of hydrogen-bond donors (Lipinski definition) is 12. The summed E-state index contributed by atoms with van der Waals surface area (Å²) in [6.45, 7) is 0.993. The van der Waals surface area contributed by atoms with Gasteiger partial charge in [-0.1, -0.05) is 154 Å². The molecule has 0 radical (unpaired) electrons. The van der Waals surface area contributed by atoms with Crippen LogP contribution in [0.1, 0.15) is 194 Å². The van der Waals surface area contributed by atoms with Gasteiger partial charge in [0.05, 0.1) is 19.8 Å². The van der Waals surface area contributed by atoms with Crippen molar-refractivity contribution in [2.24, 2.45) is 0 Å². The quantitative estimate of drug-likeness (QED) is 0.0178. The van der Waals surface area contributed by atoms with Crippen LogP contribution in [0, 0.1) is 0 Å². The van der Waals surface area contributed by atoms with Gasteiger partial charge in [0.25, 0.3) is 0 Å². The van der Waals surface area contributed by atoms with E-state index >= 15 is 0 Å². The maximum absolute atomic E-state index is 14.0. The summed E-state index contributed by atoms with van der Waals surface area (Å²) in [4.78, 5) is 37.5. The van der Waals surface area contributed by atoms with Gasteiger partial charge in [0.1, 0.15) is 92.1 Å². The Hall–Kier alpha value is -1.81. The lowest BCUT2D eigenvalue weighted by atomic mass is 9.84. The molecule has 0 bridgehead atoms. The second-order valence-electron chi connectivity index (χ2n) is 21.5. The number of phosphoric ester groups is 1. The molecule has 12 N–H and O–H groups in total. The zero-order chi connectivity index (χ0) is 58.2. The van der Waals surface area contributed by atoms with Gasteiger partial charge in [-0.2, -0.15) is 0 Å². The van der Waals surface area contributed by atoms with Gasteiger partial charge in [-0.15, -0.1) is 0 Å². The Kier molecular flexibility index (Phi) is 36.6. The highest BCUT2D eigenvalue weighted by Gasteiger charge is 2.58. The molecule has 0 spiro atoms. The molecule has 0 amide bonds. The van der Waals surface area contributed by atoms with E-state index in [1.807, 2.05) is 0 Å². The third kappa shape index (κ3) is 26.3. The highest BCUT2D eigenvalue weighted by Crippen LogP contribution is 2.49. The van der Waals surface area contributed by atoms with Crippen LogP contribution in [0.15, 0.2) is 12.2 Å². The summed E-state index contributed by atoms with van der Waals surface area (Å²) in [7, 11) is -5.63. The molecular weight excluding hydrogens is 1060 g/mol. The number of allylic oxidation sites excluding steroid dienone is 2. The minimum absolute atomic E-state index is 0.0283. The Balaban J connectivity index is 1.70. The van der Waals surface area contributed by atoms with E-state index in [9.17, 15) is 75.2 Å². The number of aliphatic hydroxyl groups is 11. The van der Waals surface area contributed by atoms with Crippen LogP contribution in [0.25, 0.3) is 0 Å². The van der Waals surface area contributed by atoms with E-state index in [0.29, 0.717) is 12.8 Å². The fourth-order valence-electron chi connectivity index (χ4n) is 9.88. The number of rotatable bonds is 43. The molecule has 79 heavy (non-hydrogen) atoms. The zero-order valence-corrected chi connectivity index (χ0v) is 47.8. The highest BCUT2D eigenvalue weighted by atomic mass is 31.2. The molecule has 0 aromatic carbocycles. The van der Waals surface area contributed by atoms with E-state index < -0.39 is 150 Å². The summed E-state index contributed by atoms with van der Waals surface area (Å²) >= 11 is 0. The lowest BCUT2D eigenvalue weighted by molar-refractivity contribution is -0.360. The van der Waals surface area contributed by atoms with Crippen LogP contribution in [-0.2, 0) is 51.6 Å². The van der Waals surface area contributed by atoms with Crippen molar-refractivity contribution in [2.45, 2.75) is 298 Å².